The van der Waals surface area contributed by atoms with E-state index in [0.717, 1.165) is 5.69 Å². The van der Waals surface area contributed by atoms with Crippen LogP contribution in [0.15, 0.2) is 42.5 Å². The molecule has 2 atom stereocenters. The molecule has 2 unspecified atom stereocenters. The van der Waals surface area contributed by atoms with Crippen molar-refractivity contribution >= 4 is 101 Å². The lowest BCUT2D eigenvalue weighted by molar-refractivity contribution is 0.589. The first kappa shape index (κ1) is 18.0. The van der Waals surface area contributed by atoms with Gasteiger partial charge in [-0.3, -0.25) is 0 Å². The van der Waals surface area contributed by atoms with Gasteiger partial charge in [-0.2, -0.15) is 0 Å². The van der Waals surface area contributed by atoms with Crippen LogP contribution >= 0.6 is 95.6 Å². The number of alkyl halides is 6. The van der Waals surface area contributed by atoms with Crippen molar-refractivity contribution in [1.82, 2.24) is 0 Å². The summed E-state index contributed by atoms with van der Waals surface area (Å²) in [5.74, 6) is 0. The Balaban J connectivity index is 2.51. The van der Waals surface area contributed by atoms with Gasteiger partial charge in [0.05, 0.1) is 4.83 Å². The SMILES string of the molecule is CN(c1ccccc1)C1(Br)C=CC(Br)C(Br)(Br)C1(Br)Br. The minimum Gasteiger partial charge on any atom is -0.354 e. The molecule has 2 rings (SSSR count). The van der Waals surface area contributed by atoms with Crippen molar-refractivity contribution < 1.29 is 0 Å². The number of hydrogen-bond donors (Lipinski definition) is 0. The Labute approximate surface area is 169 Å². The molecule has 0 bridgehead atoms. The van der Waals surface area contributed by atoms with Crippen LogP contribution in [0.5, 0.6) is 0 Å². The Hall–Kier alpha value is 1.64. The smallest absolute Gasteiger partial charge is 0.143 e. The lowest BCUT2D eigenvalue weighted by Gasteiger charge is -2.53. The number of anilines is 1. The lowest BCUT2D eigenvalue weighted by atomic mass is 10.00. The second-order valence-corrected chi connectivity index (χ2v) is 13.7. The van der Waals surface area contributed by atoms with Crippen LogP contribution in [0.2, 0.25) is 0 Å². The summed E-state index contributed by atoms with van der Waals surface area (Å²) < 4.78 is -1.40. The molecule has 0 fully saturated rings. The van der Waals surface area contributed by atoms with Gasteiger partial charge in [-0.1, -0.05) is 120 Å². The van der Waals surface area contributed by atoms with E-state index in [1.54, 1.807) is 0 Å². The highest BCUT2D eigenvalue weighted by Crippen LogP contribution is 2.64. The van der Waals surface area contributed by atoms with E-state index in [4.69, 9.17) is 0 Å². The summed E-state index contributed by atoms with van der Waals surface area (Å²) in [6.45, 7) is 0. The number of nitrogens with zero attached hydrogens (tertiary/aromatic N) is 1. The Morgan fingerprint density at radius 2 is 1.55 bits per heavy atom. The summed E-state index contributed by atoms with van der Waals surface area (Å²) in [6.07, 6.45) is 4.24. The van der Waals surface area contributed by atoms with E-state index in [0.29, 0.717) is 0 Å². The van der Waals surface area contributed by atoms with Crippen LogP contribution in [0.25, 0.3) is 0 Å². The van der Waals surface area contributed by atoms with Crippen molar-refractivity contribution in [3.05, 3.63) is 42.5 Å². The van der Waals surface area contributed by atoms with Gasteiger partial charge < -0.3 is 4.90 Å². The van der Waals surface area contributed by atoms with Crippen LogP contribution < -0.4 is 4.90 Å². The average molecular weight is 661 g/mol. The minimum absolute atomic E-state index is 0.114. The van der Waals surface area contributed by atoms with E-state index in [1.807, 2.05) is 18.2 Å². The molecule has 0 heterocycles. The summed E-state index contributed by atoms with van der Waals surface area (Å²) in [6, 6.07) is 10.2. The number of rotatable bonds is 2. The van der Waals surface area contributed by atoms with Gasteiger partial charge in [-0.05, 0) is 18.2 Å². The fourth-order valence-corrected chi connectivity index (χ4v) is 6.52. The van der Waals surface area contributed by atoms with E-state index in [9.17, 15) is 0 Å². The number of halogens is 6. The van der Waals surface area contributed by atoms with Crippen molar-refractivity contribution in [2.45, 2.75) is 15.7 Å². The molecule has 0 aromatic heterocycles. The van der Waals surface area contributed by atoms with Gasteiger partial charge in [0.15, 0.2) is 0 Å². The van der Waals surface area contributed by atoms with Gasteiger partial charge >= 0.3 is 0 Å². The number of hydrogen-bond acceptors (Lipinski definition) is 1. The molecule has 0 saturated carbocycles. The second kappa shape index (κ2) is 6.27. The molecule has 110 valence electrons. The fraction of sp³-hybridized carbons (Fsp3) is 0.385. The molecule has 0 N–H and O–H groups in total. The number of allylic oxidation sites excluding steroid dienone is 1. The average Bonchev–Trinajstić information content (AvgIpc) is 2.42. The van der Waals surface area contributed by atoms with Crippen LogP contribution in [-0.2, 0) is 0 Å². The van der Waals surface area contributed by atoms with Gasteiger partial charge in [-0.15, -0.1) is 0 Å². The summed E-state index contributed by atoms with van der Waals surface area (Å²) >= 11 is 22.7. The monoisotopic (exact) mass is 655 g/mol. The number of benzene rings is 1. The molecule has 0 spiro atoms. The third kappa shape index (κ3) is 2.77. The predicted molar refractivity (Wildman–Crippen MR) is 110 cm³/mol. The van der Waals surface area contributed by atoms with E-state index in [-0.39, 0.29) is 4.83 Å². The standard InChI is InChI=1S/C13H11Br6N/c1-20(9-5-3-2-4-6-9)11(15)8-7-10(14)12(16,17)13(11,18)19/h2-8,10H,1H3. The highest BCUT2D eigenvalue weighted by Gasteiger charge is 2.63. The third-order valence-corrected chi connectivity index (χ3v) is 14.8. The van der Waals surface area contributed by atoms with Crippen molar-refractivity contribution in [3.8, 4) is 0 Å². The Morgan fingerprint density at radius 3 is 2.10 bits per heavy atom. The van der Waals surface area contributed by atoms with E-state index < -0.39 is 10.9 Å². The van der Waals surface area contributed by atoms with E-state index in [1.165, 1.54) is 0 Å². The van der Waals surface area contributed by atoms with E-state index in [2.05, 4.69) is 132 Å². The largest absolute Gasteiger partial charge is 0.354 e. The van der Waals surface area contributed by atoms with Crippen LogP contribution in [0.3, 0.4) is 0 Å². The summed E-state index contributed by atoms with van der Waals surface area (Å²) in [4.78, 5) is 2.28. The fourth-order valence-electron chi connectivity index (χ4n) is 2.01. The van der Waals surface area contributed by atoms with Gasteiger partial charge in [-0.25, -0.2) is 0 Å². The Kier molecular flexibility index (Phi) is 5.64. The van der Waals surface area contributed by atoms with Crippen molar-refractivity contribution in [2.75, 3.05) is 11.9 Å². The molecule has 20 heavy (non-hydrogen) atoms. The number of para-hydroxylation sites is 1. The maximum atomic E-state index is 3.89. The first-order chi connectivity index (χ1) is 9.14. The molecule has 1 aliphatic carbocycles. The molecule has 7 heteroatoms. The zero-order valence-corrected chi connectivity index (χ0v) is 19.8. The zero-order chi connectivity index (χ0) is 15.2. The maximum Gasteiger partial charge on any atom is 0.143 e. The Morgan fingerprint density at radius 1 is 1.00 bits per heavy atom. The first-order valence-electron chi connectivity index (χ1n) is 5.71. The van der Waals surface area contributed by atoms with Crippen LogP contribution in [-0.4, -0.2) is 22.8 Å². The predicted octanol–water partition coefficient (Wildman–Crippen LogP) is 6.52. The highest BCUT2D eigenvalue weighted by atomic mass is 79.9. The summed E-state index contributed by atoms with van der Waals surface area (Å²) in [5.41, 5.74) is 1.11. The quantitative estimate of drug-likeness (QED) is 0.199. The van der Waals surface area contributed by atoms with Crippen molar-refractivity contribution in [2.24, 2.45) is 0 Å². The molecule has 0 saturated heterocycles. The zero-order valence-electron chi connectivity index (χ0n) is 10.3. The van der Waals surface area contributed by atoms with Crippen LogP contribution in [0, 0.1) is 0 Å². The van der Waals surface area contributed by atoms with Gasteiger partial charge in [0, 0.05) is 12.7 Å². The third-order valence-electron chi connectivity index (χ3n) is 3.32. The first-order valence-corrected chi connectivity index (χ1v) is 10.6. The molecule has 1 aliphatic rings. The second-order valence-electron chi connectivity index (χ2n) is 4.53. The van der Waals surface area contributed by atoms with Gasteiger partial charge in [0.2, 0.25) is 0 Å². The lowest BCUT2D eigenvalue weighted by Crippen LogP contribution is -2.63. The van der Waals surface area contributed by atoms with Crippen molar-refractivity contribution in [3.63, 3.8) is 0 Å². The molecule has 1 aromatic carbocycles. The highest BCUT2D eigenvalue weighted by molar-refractivity contribution is 9.31. The van der Waals surface area contributed by atoms with Gasteiger partial charge in [0.1, 0.15) is 10.9 Å². The van der Waals surface area contributed by atoms with Crippen molar-refractivity contribution in [1.29, 1.82) is 0 Å². The molecule has 1 aromatic rings. The molecule has 0 aliphatic heterocycles. The molecular weight excluding hydrogens is 650 g/mol. The van der Waals surface area contributed by atoms with Crippen LogP contribution in [0.1, 0.15) is 0 Å². The minimum atomic E-state index is -0.506. The topological polar surface area (TPSA) is 3.24 Å². The Bertz CT molecular complexity index is 515. The molecule has 0 amide bonds. The molecule has 0 radical (unpaired) electrons. The molecule has 1 nitrogen and oxygen atoms in total. The van der Waals surface area contributed by atoms with Crippen LogP contribution in [0.4, 0.5) is 5.69 Å². The molecular formula is C13H11Br6N. The maximum absolute atomic E-state index is 3.89. The summed E-state index contributed by atoms with van der Waals surface area (Å²) in [5, 5.41) is 0. The van der Waals surface area contributed by atoms with Gasteiger partial charge in [0.25, 0.3) is 0 Å². The number of likely N-dealkylation sites (N-methyl/N-ethyl adjacent to an activating group) is 1. The van der Waals surface area contributed by atoms with E-state index >= 15 is 0 Å². The summed E-state index contributed by atoms with van der Waals surface area (Å²) in [7, 11) is 2.05. The normalized spacial score (nSPS) is 31.1.